The number of nitrogens with two attached hydrogens (primary N) is 2. The lowest BCUT2D eigenvalue weighted by atomic mass is 9.98. The molecular weight excluding hydrogens is 196 g/mol. The van der Waals surface area contributed by atoms with Crippen molar-refractivity contribution in [2.24, 2.45) is 0 Å². The second kappa shape index (κ2) is 4.27. The predicted molar refractivity (Wildman–Crippen MR) is 69.3 cm³/mol. The van der Waals surface area contributed by atoms with Crippen molar-refractivity contribution < 1.29 is 0 Å². The number of rotatable bonds is 2. The molecule has 0 atom stereocenters. The monoisotopic (exact) mass is 212 g/mol. The molecule has 0 unspecified atom stereocenters. The van der Waals surface area contributed by atoms with Crippen molar-refractivity contribution in [3.05, 3.63) is 59.2 Å². The Morgan fingerprint density at radius 3 is 2.31 bits per heavy atom. The van der Waals surface area contributed by atoms with Crippen LogP contribution in [0, 0.1) is 6.92 Å². The Bertz CT molecular complexity index is 490. The normalized spacial score (nSPS) is 10.3. The number of aryl methyl sites for hydroxylation is 1. The highest BCUT2D eigenvalue weighted by Crippen LogP contribution is 2.25. The van der Waals surface area contributed by atoms with Crippen molar-refractivity contribution in [3.63, 3.8) is 0 Å². The fraction of sp³-hybridized carbons (Fsp3) is 0.143. The largest absolute Gasteiger partial charge is 0.397 e. The smallest absolute Gasteiger partial charge is 0.0586 e. The van der Waals surface area contributed by atoms with E-state index < -0.39 is 0 Å². The summed E-state index contributed by atoms with van der Waals surface area (Å²) in [6, 6.07) is 14.2. The van der Waals surface area contributed by atoms with E-state index in [0.29, 0.717) is 11.4 Å². The van der Waals surface area contributed by atoms with Gasteiger partial charge in [-0.25, -0.2) is 0 Å². The molecule has 0 amide bonds. The van der Waals surface area contributed by atoms with Crippen molar-refractivity contribution >= 4 is 11.4 Å². The number of hydrogen-bond acceptors (Lipinski definition) is 2. The average molecular weight is 212 g/mol. The quantitative estimate of drug-likeness (QED) is 0.752. The molecule has 0 heterocycles. The van der Waals surface area contributed by atoms with Gasteiger partial charge in [0.1, 0.15) is 0 Å². The summed E-state index contributed by atoms with van der Waals surface area (Å²) in [7, 11) is 0. The van der Waals surface area contributed by atoms with Gasteiger partial charge >= 0.3 is 0 Å². The van der Waals surface area contributed by atoms with Crippen LogP contribution in [0.25, 0.3) is 0 Å². The van der Waals surface area contributed by atoms with E-state index in [9.17, 15) is 0 Å². The minimum absolute atomic E-state index is 0.663. The minimum atomic E-state index is 0.663. The number of anilines is 2. The Morgan fingerprint density at radius 2 is 1.62 bits per heavy atom. The predicted octanol–water partition coefficient (Wildman–Crippen LogP) is 2.75. The second-order valence-corrected chi connectivity index (χ2v) is 4.03. The molecule has 2 aromatic rings. The maximum Gasteiger partial charge on any atom is 0.0586 e. The van der Waals surface area contributed by atoms with Crippen molar-refractivity contribution in [1.29, 1.82) is 0 Å². The standard InChI is InChI=1S/C14H16N2/c1-10-7-8-13(15)14(16)12(10)9-11-5-3-2-4-6-11/h2-8H,9,15-16H2,1H3. The molecule has 2 nitrogen and oxygen atoms in total. The molecule has 0 radical (unpaired) electrons. The van der Waals surface area contributed by atoms with E-state index in [0.717, 1.165) is 12.0 Å². The molecule has 0 fully saturated rings. The van der Waals surface area contributed by atoms with Crippen LogP contribution in [0.5, 0.6) is 0 Å². The third-order valence-corrected chi connectivity index (χ3v) is 2.85. The Kier molecular flexibility index (Phi) is 2.82. The highest BCUT2D eigenvalue weighted by molar-refractivity contribution is 5.69. The zero-order valence-corrected chi connectivity index (χ0v) is 9.40. The first kappa shape index (κ1) is 10.6. The molecule has 82 valence electrons. The number of benzene rings is 2. The van der Waals surface area contributed by atoms with Crippen LogP contribution >= 0.6 is 0 Å². The molecule has 4 N–H and O–H groups in total. The van der Waals surface area contributed by atoms with Crippen LogP contribution in [0.4, 0.5) is 11.4 Å². The topological polar surface area (TPSA) is 52.0 Å². The summed E-state index contributed by atoms with van der Waals surface area (Å²) >= 11 is 0. The molecule has 0 bridgehead atoms. The van der Waals surface area contributed by atoms with Crippen molar-refractivity contribution in [1.82, 2.24) is 0 Å². The lowest BCUT2D eigenvalue weighted by Crippen LogP contribution is -2.02. The van der Waals surface area contributed by atoms with Gasteiger partial charge in [0.05, 0.1) is 11.4 Å². The summed E-state index contributed by atoms with van der Waals surface area (Å²) in [5.41, 5.74) is 16.8. The maximum atomic E-state index is 6.01. The fourth-order valence-electron chi connectivity index (χ4n) is 1.83. The van der Waals surface area contributed by atoms with E-state index in [1.165, 1.54) is 11.1 Å². The highest BCUT2D eigenvalue weighted by Gasteiger charge is 2.06. The van der Waals surface area contributed by atoms with Crippen LogP contribution in [0.1, 0.15) is 16.7 Å². The molecule has 0 spiro atoms. The van der Waals surface area contributed by atoms with Crippen LogP contribution in [0.15, 0.2) is 42.5 Å². The zero-order valence-electron chi connectivity index (χ0n) is 9.40. The second-order valence-electron chi connectivity index (χ2n) is 4.03. The molecule has 0 aliphatic heterocycles. The van der Waals surface area contributed by atoms with Crippen LogP contribution in [0.3, 0.4) is 0 Å². The molecule has 0 aromatic heterocycles. The summed E-state index contributed by atoms with van der Waals surface area (Å²) < 4.78 is 0. The first-order chi connectivity index (χ1) is 7.68. The molecule has 16 heavy (non-hydrogen) atoms. The third kappa shape index (κ3) is 2.01. The molecule has 0 saturated heterocycles. The van der Waals surface area contributed by atoms with Gasteiger partial charge in [0.2, 0.25) is 0 Å². The van der Waals surface area contributed by atoms with Gasteiger partial charge in [0, 0.05) is 0 Å². The fourth-order valence-corrected chi connectivity index (χ4v) is 1.83. The van der Waals surface area contributed by atoms with E-state index >= 15 is 0 Å². The van der Waals surface area contributed by atoms with E-state index in [4.69, 9.17) is 11.5 Å². The number of hydrogen-bond donors (Lipinski definition) is 2. The Hall–Kier alpha value is -1.96. The summed E-state index contributed by atoms with van der Waals surface area (Å²) in [4.78, 5) is 0. The summed E-state index contributed by atoms with van der Waals surface area (Å²) in [5.74, 6) is 0. The summed E-state index contributed by atoms with van der Waals surface area (Å²) in [6.45, 7) is 2.06. The summed E-state index contributed by atoms with van der Waals surface area (Å²) in [6.07, 6.45) is 0.837. The molecule has 0 aliphatic rings. The van der Waals surface area contributed by atoms with Gasteiger partial charge in [0.15, 0.2) is 0 Å². The van der Waals surface area contributed by atoms with Gasteiger partial charge in [-0.15, -0.1) is 0 Å². The van der Waals surface area contributed by atoms with Gasteiger partial charge in [-0.3, -0.25) is 0 Å². The highest BCUT2D eigenvalue weighted by atomic mass is 14.7. The summed E-state index contributed by atoms with van der Waals surface area (Å²) in [5, 5.41) is 0. The van der Waals surface area contributed by atoms with Gasteiger partial charge in [-0.05, 0) is 36.1 Å². The van der Waals surface area contributed by atoms with Gasteiger partial charge in [-0.2, -0.15) is 0 Å². The lowest BCUT2D eigenvalue weighted by Gasteiger charge is -2.11. The Balaban J connectivity index is 2.38. The van der Waals surface area contributed by atoms with E-state index in [1.54, 1.807) is 0 Å². The van der Waals surface area contributed by atoms with Crippen LogP contribution in [-0.2, 0) is 6.42 Å². The van der Waals surface area contributed by atoms with Crippen molar-refractivity contribution in [3.8, 4) is 0 Å². The average Bonchev–Trinajstić information content (AvgIpc) is 2.31. The SMILES string of the molecule is Cc1ccc(N)c(N)c1Cc1ccccc1. The van der Waals surface area contributed by atoms with Gasteiger partial charge in [0.25, 0.3) is 0 Å². The first-order valence-corrected chi connectivity index (χ1v) is 5.36. The molecule has 2 aromatic carbocycles. The zero-order chi connectivity index (χ0) is 11.5. The number of nitrogen functional groups attached to an aromatic ring is 2. The van der Waals surface area contributed by atoms with Crippen molar-refractivity contribution in [2.45, 2.75) is 13.3 Å². The van der Waals surface area contributed by atoms with E-state index in [2.05, 4.69) is 19.1 Å². The molecule has 0 aliphatic carbocycles. The van der Waals surface area contributed by atoms with Crippen LogP contribution in [-0.4, -0.2) is 0 Å². The van der Waals surface area contributed by atoms with Gasteiger partial charge in [-0.1, -0.05) is 36.4 Å². The lowest BCUT2D eigenvalue weighted by molar-refractivity contribution is 1.16. The van der Waals surface area contributed by atoms with E-state index in [1.807, 2.05) is 30.3 Å². The van der Waals surface area contributed by atoms with Crippen molar-refractivity contribution in [2.75, 3.05) is 11.5 Å². The molecule has 0 saturated carbocycles. The molecule has 2 heteroatoms. The minimum Gasteiger partial charge on any atom is -0.397 e. The molecule has 2 rings (SSSR count). The Labute approximate surface area is 95.9 Å². The molecular formula is C14H16N2. The van der Waals surface area contributed by atoms with Gasteiger partial charge < -0.3 is 11.5 Å². The van der Waals surface area contributed by atoms with E-state index in [-0.39, 0.29) is 0 Å². The van der Waals surface area contributed by atoms with Crippen LogP contribution < -0.4 is 11.5 Å². The third-order valence-electron chi connectivity index (χ3n) is 2.85. The maximum absolute atomic E-state index is 6.01. The Morgan fingerprint density at radius 1 is 0.938 bits per heavy atom. The van der Waals surface area contributed by atoms with Crippen LogP contribution in [0.2, 0.25) is 0 Å². The first-order valence-electron chi connectivity index (χ1n) is 5.36.